The van der Waals surface area contributed by atoms with Gasteiger partial charge in [0.15, 0.2) is 0 Å². The summed E-state index contributed by atoms with van der Waals surface area (Å²) < 4.78 is 0. The Morgan fingerprint density at radius 1 is 1.50 bits per heavy atom. The van der Waals surface area contributed by atoms with Crippen molar-refractivity contribution in [2.75, 3.05) is 0 Å². The summed E-state index contributed by atoms with van der Waals surface area (Å²) in [6, 6.07) is 6.11. The highest BCUT2D eigenvalue weighted by Crippen LogP contribution is 2.21. The Morgan fingerprint density at radius 3 is 2.67 bits per heavy atom. The molecule has 0 aliphatic heterocycles. The fourth-order valence-corrected chi connectivity index (χ4v) is 1.26. The molecule has 0 saturated heterocycles. The van der Waals surface area contributed by atoms with E-state index in [9.17, 15) is 0 Å². The molecular formula is C10H14ClN. The minimum atomic E-state index is 0.114. The second-order valence-electron chi connectivity index (χ2n) is 3.02. The maximum absolute atomic E-state index is 5.96. The van der Waals surface area contributed by atoms with Crippen LogP contribution < -0.4 is 5.73 Å². The first-order valence-corrected chi connectivity index (χ1v) is 4.54. The van der Waals surface area contributed by atoms with Gasteiger partial charge in [0, 0.05) is 11.1 Å². The van der Waals surface area contributed by atoms with Gasteiger partial charge < -0.3 is 5.73 Å². The third kappa shape index (κ3) is 1.99. The Hall–Kier alpha value is -0.530. The van der Waals surface area contributed by atoms with Gasteiger partial charge in [-0.25, -0.2) is 0 Å². The van der Waals surface area contributed by atoms with Gasteiger partial charge in [0.2, 0.25) is 0 Å². The zero-order valence-corrected chi connectivity index (χ0v) is 8.23. The summed E-state index contributed by atoms with van der Waals surface area (Å²) in [6.07, 6.45) is 0.944. The van der Waals surface area contributed by atoms with Crippen molar-refractivity contribution in [1.82, 2.24) is 0 Å². The number of hydrogen-bond acceptors (Lipinski definition) is 1. The number of benzene rings is 1. The third-order valence-electron chi connectivity index (χ3n) is 2.06. The topological polar surface area (TPSA) is 26.0 Å². The average molecular weight is 184 g/mol. The standard InChI is InChI=1S/C10H14ClN/c1-3-10(12)8-5-4-7(2)9(11)6-8/h4-6,10H,3,12H2,1-2H3/t10-/m0/s1. The van der Waals surface area contributed by atoms with Gasteiger partial charge in [0.05, 0.1) is 0 Å². The van der Waals surface area contributed by atoms with Crippen molar-refractivity contribution in [2.24, 2.45) is 5.73 Å². The Balaban J connectivity index is 2.96. The highest BCUT2D eigenvalue weighted by atomic mass is 35.5. The molecule has 0 aromatic heterocycles. The van der Waals surface area contributed by atoms with Crippen LogP contribution in [0.5, 0.6) is 0 Å². The van der Waals surface area contributed by atoms with Crippen LogP contribution in [0.2, 0.25) is 5.02 Å². The second-order valence-corrected chi connectivity index (χ2v) is 3.43. The monoisotopic (exact) mass is 183 g/mol. The molecule has 1 aromatic carbocycles. The molecule has 0 heterocycles. The van der Waals surface area contributed by atoms with E-state index in [1.165, 1.54) is 0 Å². The molecule has 0 aliphatic rings. The van der Waals surface area contributed by atoms with Crippen molar-refractivity contribution in [3.63, 3.8) is 0 Å². The molecule has 0 radical (unpaired) electrons. The molecule has 1 rings (SSSR count). The van der Waals surface area contributed by atoms with E-state index in [0.717, 1.165) is 22.6 Å². The van der Waals surface area contributed by atoms with E-state index in [1.807, 2.05) is 25.1 Å². The summed E-state index contributed by atoms with van der Waals surface area (Å²) >= 11 is 5.96. The van der Waals surface area contributed by atoms with Crippen molar-refractivity contribution >= 4 is 11.6 Å². The average Bonchev–Trinajstić information content (AvgIpc) is 2.08. The van der Waals surface area contributed by atoms with Crippen molar-refractivity contribution < 1.29 is 0 Å². The van der Waals surface area contributed by atoms with Crippen LogP contribution in [0.3, 0.4) is 0 Å². The molecule has 12 heavy (non-hydrogen) atoms. The summed E-state index contributed by atoms with van der Waals surface area (Å²) in [6.45, 7) is 4.06. The molecule has 66 valence electrons. The Labute approximate surface area is 78.5 Å². The van der Waals surface area contributed by atoms with Crippen molar-refractivity contribution in [1.29, 1.82) is 0 Å². The first-order chi connectivity index (χ1) is 5.65. The van der Waals surface area contributed by atoms with Crippen LogP contribution >= 0.6 is 11.6 Å². The van der Waals surface area contributed by atoms with E-state index in [1.54, 1.807) is 0 Å². The Bertz CT molecular complexity index is 271. The summed E-state index contributed by atoms with van der Waals surface area (Å²) in [5.74, 6) is 0. The quantitative estimate of drug-likeness (QED) is 0.750. The maximum atomic E-state index is 5.96. The highest BCUT2D eigenvalue weighted by Gasteiger charge is 2.04. The first-order valence-electron chi connectivity index (χ1n) is 4.16. The Morgan fingerprint density at radius 2 is 2.17 bits per heavy atom. The van der Waals surface area contributed by atoms with Gasteiger partial charge in [0.25, 0.3) is 0 Å². The van der Waals surface area contributed by atoms with Crippen molar-refractivity contribution in [2.45, 2.75) is 26.3 Å². The van der Waals surface area contributed by atoms with Gasteiger partial charge in [0.1, 0.15) is 0 Å². The van der Waals surface area contributed by atoms with Crippen LogP contribution in [0.25, 0.3) is 0 Å². The van der Waals surface area contributed by atoms with E-state index < -0.39 is 0 Å². The predicted octanol–water partition coefficient (Wildman–Crippen LogP) is 3.06. The lowest BCUT2D eigenvalue weighted by Gasteiger charge is -2.09. The van der Waals surface area contributed by atoms with E-state index in [2.05, 4.69) is 6.92 Å². The number of halogens is 1. The van der Waals surface area contributed by atoms with Gasteiger partial charge in [-0.05, 0) is 30.5 Å². The molecular weight excluding hydrogens is 170 g/mol. The number of rotatable bonds is 2. The number of aryl methyl sites for hydroxylation is 1. The minimum Gasteiger partial charge on any atom is -0.324 e. The van der Waals surface area contributed by atoms with Crippen molar-refractivity contribution in [3.8, 4) is 0 Å². The van der Waals surface area contributed by atoms with Gasteiger partial charge in [-0.3, -0.25) is 0 Å². The summed E-state index contributed by atoms with van der Waals surface area (Å²) in [7, 11) is 0. The maximum Gasteiger partial charge on any atom is 0.0438 e. The largest absolute Gasteiger partial charge is 0.324 e. The van der Waals surface area contributed by atoms with Crippen LogP contribution in [0.1, 0.15) is 30.5 Å². The molecule has 2 N–H and O–H groups in total. The van der Waals surface area contributed by atoms with E-state index in [4.69, 9.17) is 17.3 Å². The fourth-order valence-electron chi connectivity index (χ4n) is 1.08. The van der Waals surface area contributed by atoms with Gasteiger partial charge >= 0.3 is 0 Å². The predicted molar refractivity (Wildman–Crippen MR) is 53.4 cm³/mol. The van der Waals surface area contributed by atoms with Gasteiger partial charge in [-0.2, -0.15) is 0 Å². The summed E-state index contributed by atoms with van der Waals surface area (Å²) in [4.78, 5) is 0. The van der Waals surface area contributed by atoms with Crippen LogP contribution in [-0.2, 0) is 0 Å². The van der Waals surface area contributed by atoms with Crippen LogP contribution in [0, 0.1) is 6.92 Å². The zero-order valence-electron chi connectivity index (χ0n) is 7.47. The second kappa shape index (κ2) is 3.92. The summed E-state index contributed by atoms with van der Waals surface area (Å²) in [5, 5.41) is 0.802. The van der Waals surface area contributed by atoms with Gasteiger partial charge in [-0.15, -0.1) is 0 Å². The number of nitrogens with two attached hydrogens (primary N) is 1. The molecule has 1 nitrogen and oxygen atoms in total. The van der Waals surface area contributed by atoms with Crippen molar-refractivity contribution in [3.05, 3.63) is 34.3 Å². The van der Waals surface area contributed by atoms with Gasteiger partial charge in [-0.1, -0.05) is 30.7 Å². The minimum absolute atomic E-state index is 0.114. The normalized spacial score (nSPS) is 13.0. The lowest BCUT2D eigenvalue weighted by molar-refractivity contribution is 0.698. The first kappa shape index (κ1) is 9.56. The molecule has 0 saturated carbocycles. The molecule has 2 heteroatoms. The highest BCUT2D eigenvalue weighted by molar-refractivity contribution is 6.31. The molecule has 1 aromatic rings. The SMILES string of the molecule is CC[C@H](N)c1ccc(C)c(Cl)c1. The molecule has 0 fully saturated rings. The van der Waals surface area contributed by atoms with E-state index >= 15 is 0 Å². The fraction of sp³-hybridized carbons (Fsp3) is 0.400. The van der Waals surface area contributed by atoms with Crippen LogP contribution in [-0.4, -0.2) is 0 Å². The molecule has 1 atom stereocenters. The molecule has 0 amide bonds. The smallest absolute Gasteiger partial charge is 0.0438 e. The lowest BCUT2D eigenvalue weighted by atomic mass is 10.0. The Kier molecular flexibility index (Phi) is 3.12. The third-order valence-corrected chi connectivity index (χ3v) is 2.47. The molecule has 0 spiro atoms. The zero-order chi connectivity index (χ0) is 9.14. The number of hydrogen-bond donors (Lipinski definition) is 1. The van der Waals surface area contributed by atoms with E-state index in [0.29, 0.717) is 0 Å². The van der Waals surface area contributed by atoms with E-state index in [-0.39, 0.29) is 6.04 Å². The lowest BCUT2D eigenvalue weighted by Crippen LogP contribution is -2.08. The summed E-state index contributed by atoms with van der Waals surface area (Å²) in [5.41, 5.74) is 8.07. The van der Waals surface area contributed by atoms with Crippen LogP contribution in [0.4, 0.5) is 0 Å². The molecule has 0 bridgehead atoms. The molecule has 0 unspecified atom stereocenters. The van der Waals surface area contributed by atoms with Crippen LogP contribution in [0.15, 0.2) is 18.2 Å². The molecule has 0 aliphatic carbocycles.